The number of rotatable bonds is 7. The molecule has 3 heterocycles. The first-order valence-electron chi connectivity index (χ1n) is 8.90. The molecule has 24 heavy (non-hydrogen) atoms. The van der Waals surface area contributed by atoms with Gasteiger partial charge in [-0.05, 0) is 43.0 Å². The van der Waals surface area contributed by atoms with Gasteiger partial charge in [-0.2, -0.15) is 0 Å². The van der Waals surface area contributed by atoms with Gasteiger partial charge in [0.25, 0.3) is 0 Å². The summed E-state index contributed by atoms with van der Waals surface area (Å²) < 4.78 is 5.10. The van der Waals surface area contributed by atoms with Crippen LogP contribution in [-0.2, 0) is 4.74 Å². The summed E-state index contributed by atoms with van der Waals surface area (Å²) in [5.74, 6) is 1.04. The van der Waals surface area contributed by atoms with E-state index in [0.29, 0.717) is 11.8 Å². The molecule has 2 fully saturated rings. The first kappa shape index (κ1) is 17.2. The van der Waals surface area contributed by atoms with Crippen LogP contribution in [0.5, 0.6) is 0 Å². The maximum atomic E-state index is 12.2. The molecule has 2 aliphatic heterocycles. The molecule has 0 spiro atoms. The minimum Gasteiger partial charge on any atom is -0.385 e. The highest BCUT2D eigenvalue weighted by Crippen LogP contribution is 2.26. The second-order valence-corrected chi connectivity index (χ2v) is 6.87. The number of carbonyl (C=O) groups is 1. The van der Waals surface area contributed by atoms with Gasteiger partial charge in [0, 0.05) is 64.8 Å². The molecule has 0 saturated carbocycles. The van der Waals surface area contributed by atoms with Crippen LogP contribution in [0, 0.1) is 5.92 Å². The predicted octanol–water partition coefficient (Wildman–Crippen LogP) is 1.55. The highest BCUT2D eigenvalue weighted by molar-refractivity contribution is 5.75. The van der Waals surface area contributed by atoms with Crippen LogP contribution in [0.4, 0.5) is 4.79 Å². The zero-order chi connectivity index (χ0) is 16.8. The Morgan fingerprint density at radius 3 is 2.88 bits per heavy atom. The maximum Gasteiger partial charge on any atom is 0.317 e. The molecule has 132 valence electrons. The van der Waals surface area contributed by atoms with E-state index < -0.39 is 0 Å². The van der Waals surface area contributed by atoms with Crippen LogP contribution in [0.25, 0.3) is 0 Å². The molecule has 2 amide bonds. The number of pyridine rings is 1. The molecule has 6 nitrogen and oxygen atoms in total. The largest absolute Gasteiger partial charge is 0.385 e. The van der Waals surface area contributed by atoms with E-state index in [0.717, 1.165) is 52.3 Å². The average molecular weight is 332 g/mol. The minimum absolute atomic E-state index is 0.0816. The molecule has 1 aromatic heterocycles. The van der Waals surface area contributed by atoms with E-state index in [1.54, 1.807) is 7.11 Å². The van der Waals surface area contributed by atoms with Gasteiger partial charge in [-0.3, -0.25) is 4.98 Å². The molecule has 0 aromatic carbocycles. The van der Waals surface area contributed by atoms with Crippen molar-refractivity contribution >= 4 is 6.03 Å². The number of ether oxygens (including phenoxy) is 1. The third-order valence-electron chi connectivity index (χ3n) is 5.08. The lowest BCUT2D eigenvalue weighted by molar-refractivity contribution is 0.150. The fourth-order valence-corrected chi connectivity index (χ4v) is 3.55. The summed E-state index contributed by atoms with van der Waals surface area (Å²) in [6, 6.07) is 4.16. The summed E-state index contributed by atoms with van der Waals surface area (Å²) in [6.07, 6.45) is 5.89. The van der Waals surface area contributed by atoms with Crippen molar-refractivity contribution in [2.45, 2.75) is 18.8 Å². The Hall–Kier alpha value is -1.66. The van der Waals surface area contributed by atoms with E-state index in [9.17, 15) is 4.79 Å². The second kappa shape index (κ2) is 8.44. The molecule has 2 saturated heterocycles. The summed E-state index contributed by atoms with van der Waals surface area (Å²) in [6.45, 7) is 6.55. The third-order valence-corrected chi connectivity index (χ3v) is 5.08. The molecule has 3 rings (SSSR count). The highest BCUT2D eigenvalue weighted by Gasteiger charge is 2.32. The van der Waals surface area contributed by atoms with E-state index >= 15 is 0 Å². The molecule has 1 atom stereocenters. The Morgan fingerprint density at radius 1 is 1.33 bits per heavy atom. The van der Waals surface area contributed by atoms with Gasteiger partial charge in [0.15, 0.2) is 0 Å². The molecule has 6 heteroatoms. The molecule has 2 aliphatic rings. The lowest BCUT2D eigenvalue weighted by Crippen LogP contribution is -2.53. The monoisotopic (exact) mass is 332 g/mol. The van der Waals surface area contributed by atoms with Gasteiger partial charge in [-0.25, -0.2) is 4.79 Å². The van der Waals surface area contributed by atoms with Crippen LogP contribution in [0.1, 0.15) is 24.3 Å². The summed E-state index contributed by atoms with van der Waals surface area (Å²) in [5, 5.41) is 3.11. The Labute approximate surface area is 144 Å². The van der Waals surface area contributed by atoms with Crippen molar-refractivity contribution in [2.24, 2.45) is 5.92 Å². The maximum absolute atomic E-state index is 12.2. The summed E-state index contributed by atoms with van der Waals surface area (Å²) in [5.41, 5.74) is 1.27. The molecular weight excluding hydrogens is 304 g/mol. The van der Waals surface area contributed by atoms with Gasteiger partial charge >= 0.3 is 6.03 Å². The first-order valence-corrected chi connectivity index (χ1v) is 8.90. The predicted molar refractivity (Wildman–Crippen MR) is 93.0 cm³/mol. The number of methoxy groups -OCH3 is 1. The normalized spacial score (nSPS) is 21.7. The van der Waals surface area contributed by atoms with Gasteiger partial charge < -0.3 is 19.9 Å². The standard InChI is InChI=1S/C18H28N4O2/c1-24-10-2-8-21-9-5-15(12-21)11-20-18(23)22-13-17(14-22)16-3-6-19-7-4-16/h3-4,6-7,15,17H,2,5,8-14H2,1H3,(H,20,23)/t15-/m0/s1. The number of hydrogen-bond donors (Lipinski definition) is 1. The number of carbonyl (C=O) groups excluding carboxylic acids is 1. The Bertz CT molecular complexity index is 519. The summed E-state index contributed by atoms with van der Waals surface area (Å²) in [4.78, 5) is 20.6. The molecule has 0 bridgehead atoms. The quantitative estimate of drug-likeness (QED) is 0.770. The van der Waals surface area contributed by atoms with E-state index in [2.05, 4.69) is 15.2 Å². The third kappa shape index (κ3) is 4.45. The van der Waals surface area contributed by atoms with Crippen LogP contribution in [0.15, 0.2) is 24.5 Å². The number of likely N-dealkylation sites (tertiary alicyclic amines) is 2. The fraction of sp³-hybridized carbons (Fsp3) is 0.667. The number of hydrogen-bond acceptors (Lipinski definition) is 4. The van der Waals surface area contributed by atoms with Crippen molar-refractivity contribution in [3.8, 4) is 0 Å². The summed E-state index contributed by atoms with van der Waals surface area (Å²) in [7, 11) is 1.75. The Kier molecular flexibility index (Phi) is 6.04. The lowest BCUT2D eigenvalue weighted by atomic mass is 9.93. The van der Waals surface area contributed by atoms with E-state index in [1.165, 1.54) is 12.0 Å². The zero-order valence-electron chi connectivity index (χ0n) is 14.5. The first-order chi connectivity index (χ1) is 11.8. The Balaban J connectivity index is 1.31. The van der Waals surface area contributed by atoms with Gasteiger partial charge in [0.05, 0.1) is 0 Å². The fourth-order valence-electron chi connectivity index (χ4n) is 3.55. The number of nitrogens with one attached hydrogen (secondary N) is 1. The molecule has 0 aliphatic carbocycles. The van der Waals surface area contributed by atoms with Gasteiger partial charge in [-0.15, -0.1) is 0 Å². The van der Waals surface area contributed by atoms with Gasteiger partial charge in [-0.1, -0.05) is 0 Å². The molecule has 1 aromatic rings. The summed E-state index contributed by atoms with van der Waals surface area (Å²) >= 11 is 0. The topological polar surface area (TPSA) is 57.7 Å². The molecule has 0 unspecified atom stereocenters. The van der Waals surface area contributed by atoms with Gasteiger partial charge in [0.2, 0.25) is 0 Å². The van der Waals surface area contributed by atoms with Crippen LogP contribution >= 0.6 is 0 Å². The van der Waals surface area contributed by atoms with Crippen molar-refractivity contribution in [2.75, 3.05) is 53.0 Å². The lowest BCUT2D eigenvalue weighted by Gasteiger charge is -2.39. The SMILES string of the molecule is COCCCN1CC[C@@H](CNC(=O)N2CC(c3ccncc3)C2)C1. The highest BCUT2D eigenvalue weighted by atomic mass is 16.5. The molecule has 1 N–H and O–H groups in total. The molecular formula is C18H28N4O2. The number of nitrogens with zero attached hydrogens (tertiary/aromatic N) is 3. The van der Waals surface area contributed by atoms with Crippen molar-refractivity contribution in [1.82, 2.24) is 20.1 Å². The number of amides is 2. The van der Waals surface area contributed by atoms with E-state index in [1.807, 2.05) is 29.4 Å². The van der Waals surface area contributed by atoms with E-state index in [-0.39, 0.29) is 6.03 Å². The van der Waals surface area contributed by atoms with Crippen molar-refractivity contribution in [3.05, 3.63) is 30.1 Å². The van der Waals surface area contributed by atoms with Crippen LogP contribution in [-0.4, -0.2) is 73.8 Å². The minimum atomic E-state index is 0.0816. The second-order valence-electron chi connectivity index (χ2n) is 6.87. The smallest absolute Gasteiger partial charge is 0.317 e. The number of urea groups is 1. The van der Waals surface area contributed by atoms with Crippen LogP contribution < -0.4 is 5.32 Å². The van der Waals surface area contributed by atoms with Crippen LogP contribution in [0.2, 0.25) is 0 Å². The zero-order valence-corrected chi connectivity index (χ0v) is 14.5. The average Bonchev–Trinajstić information content (AvgIpc) is 3.01. The Morgan fingerprint density at radius 2 is 2.12 bits per heavy atom. The number of aromatic nitrogens is 1. The van der Waals surface area contributed by atoms with Gasteiger partial charge in [0.1, 0.15) is 0 Å². The van der Waals surface area contributed by atoms with Crippen molar-refractivity contribution in [3.63, 3.8) is 0 Å². The van der Waals surface area contributed by atoms with E-state index in [4.69, 9.17) is 4.74 Å². The van der Waals surface area contributed by atoms with Crippen LogP contribution in [0.3, 0.4) is 0 Å². The van der Waals surface area contributed by atoms with Crippen molar-refractivity contribution < 1.29 is 9.53 Å². The molecule has 0 radical (unpaired) electrons. The van der Waals surface area contributed by atoms with Crippen molar-refractivity contribution in [1.29, 1.82) is 0 Å².